The van der Waals surface area contributed by atoms with Crippen LogP contribution in [0.2, 0.25) is 0 Å². The van der Waals surface area contributed by atoms with Crippen LogP contribution in [-0.2, 0) is 221 Å². The van der Waals surface area contributed by atoms with Crippen molar-refractivity contribution in [2.75, 3.05) is 30.4 Å². The molecule has 1 saturated heterocycles. The molecule has 0 radical (unpaired) electrons. The molecule has 4 aliphatic rings. The third-order valence-corrected chi connectivity index (χ3v) is 27.0. The number of hydrogen-bond donors (Lipinski definition) is 0. The summed E-state index contributed by atoms with van der Waals surface area (Å²) in [6.45, 7) is 69.0. The van der Waals surface area contributed by atoms with Crippen molar-refractivity contribution in [2.45, 2.75) is 232 Å². The lowest BCUT2D eigenvalue weighted by Gasteiger charge is -2.24. The second-order valence-electron chi connectivity index (χ2n) is 30.8. The molecule has 4 rings (SSSR count). The van der Waals surface area contributed by atoms with Crippen molar-refractivity contribution in [3.63, 3.8) is 0 Å². The zero-order valence-electron chi connectivity index (χ0n) is 81.3. The molecule has 0 spiro atoms. The SMILES string of the molecule is C=C(C(=O)OOC(=O)C(=C)C(F)(F)F)C(F)(F)F.C=C(C(=O)OOC(C)(C)C)C(F)(F)F.C=C(C)S(=O)(=O)OOS(=O)(=O)C(=C)C.C=CC(=O)OOS(=O)(=O)C=C.C=CP(=O)(OC)OOC(C)(C)C.C=CP(=O)(OOC(C)(C)C)C1CCCC1.C=CP(C)(=O)OOC(C)(C)C.C=CS(=O)(=O)OOC1CC=CC1.C=CS(=O)(=O)OOC1CCCC1.C=CS(=O)(=O)OOC1CCSCSC1.C=CS(=O)(=O)OOS(=O)(=O)C=C. The lowest BCUT2D eigenvalue weighted by atomic mass is 10.2. The molecular weight excluding hydrogens is 2250 g/mol. The predicted molar refractivity (Wildman–Crippen MR) is 512 cm³/mol. The van der Waals surface area contributed by atoms with Gasteiger partial charge in [-0.2, -0.15) is 133 Å². The number of alkyl halides is 9. The topological polar surface area (TPSA) is 605 Å². The molecule has 0 aromatic heterocycles. The summed E-state index contributed by atoms with van der Waals surface area (Å²) in [5, 5.41) is 4.47. The molecular formula is C77H122F9O46P3S10. The summed E-state index contributed by atoms with van der Waals surface area (Å²) < 4.78 is 362. The summed E-state index contributed by atoms with van der Waals surface area (Å²) in [4.78, 5) is 88.8. The molecule has 4 unspecified atom stereocenters. The van der Waals surface area contributed by atoms with Gasteiger partial charge in [-0.3, -0.25) is 23.5 Å². The van der Waals surface area contributed by atoms with E-state index in [4.69, 9.17) is 29.1 Å². The molecule has 844 valence electrons. The molecule has 0 N–H and O–H groups in total. The summed E-state index contributed by atoms with van der Waals surface area (Å²) in [6, 6.07) is 0. The zero-order valence-corrected chi connectivity index (χ0v) is 92.2. The number of rotatable bonds is 41. The predicted octanol–water partition coefficient (Wildman–Crippen LogP) is 18.9. The van der Waals surface area contributed by atoms with Crippen LogP contribution in [0.4, 0.5) is 39.5 Å². The van der Waals surface area contributed by atoms with Gasteiger partial charge in [-0.1, -0.05) is 154 Å². The van der Waals surface area contributed by atoms with Crippen molar-refractivity contribution in [2.24, 2.45) is 0 Å². The maximum atomic E-state index is 12.4. The zero-order chi connectivity index (χ0) is 116. The Hall–Kier alpha value is -6.68. The minimum Gasteiger partial charge on any atom is -0.307 e. The van der Waals surface area contributed by atoms with Crippen LogP contribution in [0, 0.1) is 0 Å². The van der Waals surface area contributed by atoms with Gasteiger partial charge in [-0.15, -0.1) is 29.4 Å². The monoisotopic (exact) mass is 2370 g/mol. The smallest absolute Gasteiger partial charge is 0.307 e. The molecule has 46 nitrogen and oxygen atoms in total. The Morgan fingerprint density at radius 2 is 0.683 bits per heavy atom. The van der Waals surface area contributed by atoms with Crippen molar-refractivity contribution in [3.8, 4) is 0 Å². The highest BCUT2D eigenvalue weighted by atomic mass is 32.3. The van der Waals surface area contributed by atoms with E-state index in [0.717, 1.165) is 111 Å². The van der Waals surface area contributed by atoms with E-state index in [1.54, 1.807) is 32.5 Å². The van der Waals surface area contributed by atoms with Gasteiger partial charge in [0.15, 0.2) is 0 Å². The van der Waals surface area contributed by atoms with Crippen molar-refractivity contribution < 1.29 is 247 Å². The minimum atomic E-state index is -5.16. The van der Waals surface area contributed by atoms with Crippen molar-refractivity contribution >= 4 is 151 Å². The van der Waals surface area contributed by atoms with Gasteiger partial charge in [0.2, 0.25) is 0 Å². The van der Waals surface area contributed by atoms with Crippen molar-refractivity contribution in [3.05, 3.63) is 193 Å². The van der Waals surface area contributed by atoms with E-state index < -0.39 is 185 Å². The standard InChI is InChI=1S/C11H21O3P.C8H4F6O4.C8H11F3O3.C7H15O4P.C7H12O4S3.C7H12O4S.C7H10O4S.C7H15O3P.C6H10O6S2.C5H6O5S.C4H6O6S2/c1-5-15(12,10-8-6-7-9-10)14-13-11(2,3)4;1-3(7(9,10)11)5(15)17-18-6(16)4(2)8(12,13)14;1-5(8(9,10)11)6(12)13-14-7(2,3)4;1-6-12(8,9-5)11-10-7(2,3)4;1-2-14(8,9)11-10-7-3-4-12-6-13-5-7;2*1-2-12(8,9)11-10-7-5-3-4-6-7;1-6-11(5,8)10-9-7(2,3)4;1-5(2)13(7,8)11-12-14(9,10)6(3)4;1-3-5(6)9-10-11(7,8)4-2;1-3-11(5,6)9-10-12(7,8)4-2/h5,10H,1,6-9H2,2-4H3;1-2H2;1H2,2-4H3;6H,1H2,2-5H3;2,7H,1,3-6H2;2,7H,1,3-6H2;2-4,7H,1,5-6H2;6H,1H2,2-5H3;1,3H2,2,4H3;3-4H,1-2H2;3-4H,1-2H2. The van der Waals surface area contributed by atoms with Gasteiger partial charge in [-0.25, -0.2) is 58.3 Å². The Morgan fingerprint density at radius 3 is 0.986 bits per heavy atom. The van der Waals surface area contributed by atoms with Crippen molar-refractivity contribution in [1.29, 1.82) is 0 Å². The number of carbonyl (C=O) groups is 4. The van der Waals surface area contributed by atoms with Gasteiger partial charge in [0.25, 0.3) is 14.7 Å². The number of hydrogen-bond acceptors (Lipinski definition) is 48. The van der Waals surface area contributed by atoms with Crippen LogP contribution in [0.5, 0.6) is 0 Å². The van der Waals surface area contributed by atoms with Gasteiger partial charge in [0, 0.05) is 42.2 Å². The van der Waals surface area contributed by atoms with E-state index in [0.29, 0.717) is 34.5 Å². The molecule has 0 aromatic carbocycles. The third-order valence-electron chi connectivity index (χ3n) is 13.5. The Labute approximate surface area is 848 Å². The van der Waals surface area contributed by atoms with Crippen LogP contribution >= 0.6 is 45.9 Å². The Bertz CT molecular complexity index is 5260. The third kappa shape index (κ3) is 83.7. The molecule has 0 bridgehead atoms. The first-order valence-electron chi connectivity index (χ1n) is 39.4. The van der Waals surface area contributed by atoms with E-state index >= 15 is 0 Å². The van der Waals surface area contributed by atoms with Crippen LogP contribution in [0.25, 0.3) is 0 Å². The van der Waals surface area contributed by atoms with Crippen LogP contribution in [-0.4, -0.2) is 186 Å². The highest BCUT2D eigenvalue weighted by Crippen LogP contribution is 2.59. The first kappa shape index (κ1) is 151. The average Bonchev–Trinajstić information content (AvgIpc) is 1.71. The quantitative estimate of drug-likeness (QED) is 0.0137. The summed E-state index contributed by atoms with van der Waals surface area (Å²) in [5.74, 6) is -1.58. The van der Waals surface area contributed by atoms with E-state index in [1.807, 2.05) is 65.5 Å². The van der Waals surface area contributed by atoms with Crippen LogP contribution in [0.3, 0.4) is 0 Å². The Kier molecular flexibility index (Phi) is 72.7. The first-order valence-corrected chi connectivity index (χ1v) is 58.9. The van der Waals surface area contributed by atoms with Gasteiger partial charge >= 0.3 is 131 Å². The van der Waals surface area contributed by atoms with E-state index in [-0.39, 0.29) is 33.8 Å². The summed E-state index contributed by atoms with van der Waals surface area (Å²) in [6.07, 6.45) is -0.706. The first-order chi connectivity index (χ1) is 65.2. The molecule has 1 aliphatic heterocycles. The maximum Gasteiger partial charge on any atom is 0.422 e. The Morgan fingerprint density at radius 1 is 0.372 bits per heavy atom. The molecule has 1 heterocycles. The van der Waals surface area contributed by atoms with Gasteiger partial charge < -0.3 is 4.52 Å². The molecule has 68 heteroatoms. The summed E-state index contributed by atoms with van der Waals surface area (Å²) in [5.41, 5.74) is -7.83. The van der Waals surface area contributed by atoms with Crippen LogP contribution < -0.4 is 0 Å². The molecule has 0 amide bonds. The van der Waals surface area contributed by atoms with Crippen LogP contribution in [0.1, 0.15) is 168 Å². The second-order valence-corrected chi connectivity index (χ2v) is 52.3. The average molecular weight is 2370 g/mol. The number of allylic oxidation sites excluding steroid dienone is 2. The lowest BCUT2D eigenvalue weighted by molar-refractivity contribution is -0.319. The highest BCUT2D eigenvalue weighted by molar-refractivity contribution is 8.16. The number of thioether (sulfide) groups is 2. The van der Waals surface area contributed by atoms with E-state index in [1.165, 1.54) is 46.2 Å². The fraction of sp³-hybridized carbons (Fsp3) is 0.532. The Balaban J connectivity index is -0.000000290. The molecule has 4 atom stereocenters. The molecule has 2 saturated carbocycles. The van der Waals surface area contributed by atoms with Crippen molar-refractivity contribution in [1.82, 2.24) is 0 Å². The molecule has 0 aromatic rings. The summed E-state index contributed by atoms with van der Waals surface area (Å²) in [7, 11) is -39.2. The minimum absolute atomic E-state index is 0.0697. The highest BCUT2D eigenvalue weighted by Gasteiger charge is 2.43. The molecule has 3 aliphatic carbocycles. The van der Waals surface area contributed by atoms with E-state index in [2.05, 4.69) is 177 Å². The maximum absolute atomic E-state index is 12.4. The fourth-order valence-electron chi connectivity index (χ4n) is 6.13. The number of carbonyl (C=O) groups excluding carboxylic acids is 4. The normalized spacial score (nSPS) is 16.2. The fourth-order valence-corrected chi connectivity index (χ4v) is 13.9. The molecule has 3 fully saturated rings. The molecule has 145 heavy (non-hydrogen) atoms. The lowest BCUT2D eigenvalue weighted by Crippen LogP contribution is -2.26. The second kappa shape index (κ2) is 69.7. The van der Waals surface area contributed by atoms with E-state index in [9.17, 15) is 140 Å². The van der Waals surface area contributed by atoms with Gasteiger partial charge in [0.05, 0.1) is 65.2 Å². The number of halogens is 9. The van der Waals surface area contributed by atoms with Crippen LogP contribution in [0.15, 0.2) is 193 Å². The summed E-state index contributed by atoms with van der Waals surface area (Å²) >= 11 is 3.54. The van der Waals surface area contributed by atoms with Gasteiger partial charge in [0.1, 0.15) is 34.5 Å². The largest absolute Gasteiger partial charge is 0.422 e. The van der Waals surface area contributed by atoms with Gasteiger partial charge in [-0.05, 0) is 164 Å².